The summed E-state index contributed by atoms with van der Waals surface area (Å²) in [5.41, 5.74) is 2.03. The molecule has 0 radical (unpaired) electrons. The zero-order valence-electron chi connectivity index (χ0n) is 25.3. The Morgan fingerprint density at radius 3 is 2.58 bits per heavy atom. The number of fused-ring (bicyclic) bond motifs is 6. The van der Waals surface area contributed by atoms with E-state index in [2.05, 4.69) is 40.7 Å². The van der Waals surface area contributed by atoms with Gasteiger partial charge in [-0.1, -0.05) is 25.3 Å². The van der Waals surface area contributed by atoms with E-state index in [9.17, 15) is 19.4 Å². The second-order valence-electron chi connectivity index (χ2n) is 14.3. The van der Waals surface area contributed by atoms with Crippen LogP contribution in [-0.4, -0.2) is 86.6 Å². The van der Waals surface area contributed by atoms with E-state index in [-0.39, 0.29) is 41.3 Å². The summed E-state index contributed by atoms with van der Waals surface area (Å²) in [6.45, 7) is 8.44. The quantitative estimate of drug-likeness (QED) is 0.520. The third-order valence-electron chi connectivity index (χ3n) is 12.3. The number of halogens is 1. The van der Waals surface area contributed by atoms with Crippen molar-refractivity contribution in [3.63, 3.8) is 0 Å². The van der Waals surface area contributed by atoms with Crippen LogP contribution in [0.25, 0.3) is 11.8 Å². The van der Waals surface area contributed by atoms with Crippen LogP contribution in [0.3, 0.4) is 0 Å². The van der Waals surface area contributed by atoms with Crippen LogP contribution < -0.4 is 0 Å². The minimum atomic E-state index is -1.42. The van der Waals surface area contributed by atoms with Gasteiger partial charge in [-0.25, -0.2) is 9.07 Å². The Kier molecular flexibility index (Phi) is 6.98. The van der Waals surface area contributed by atoms with Crippen molar-refractivity contribution < 1.29 is 19.4 Å². The molecule has 228 valence electrons. The second kappa shape index (κ2) is 10.4. The van der Waals surface area contributed by atoms with Gasteiger partial charge in [-0.05, 0) is 97.6 Å². The number of rotatable bonds is 5. The Bertz CT molecular complexity index is 1490. The summed E-state index contributed by atoms with van der Waals surface area (Å²) < 4.78 is 15.5. The van der Waals surface area contributed by atoms with E-state index in [1.165, 1.54) is 17.7 Å². The summed E-state index contributed by atoms with van der Waals surface area (Å²) in [5, 5.41) is 28.8. The number of allylic oxidation sites excluding steroid dienone is 1. The number of carbonyl (C=O) groups excluding carboxylic acids is 1. The highest BCUT2D eigenvalue weighted by atomic mass is 19.1. The lowest BCUT2D eigenvalue weighted by Gasteiger charge is -2.60. The van der Waals surface area contributed by atoms with Crippen molar-refractivity contribution in [3.8, 4) is 18.0 Å². The van der Waals surface area contributed by atoms with Gasteiger partial charge in [-0.3, -0.25) is 14.6 Å². The number of ketones is 1. The van der Waals surface area contributed by atoms with Crippen LogP contribution in [0.15, 0.2) is 36.0 Å². The first-order valence-corrected chi connectivity index (χ1v) is 15.9. The number of hydrogen-bond donors (Lipinski definition) is 2. The zero-order chi connectivity index (χ0) is 30.1. The van der Waals surface area contributed by atoms with Crippen LogP contribution in [0.2, 0.25) is 0 Å². The van der Waals surface area contributed by atoms with Gasteiger partial charge in [0.15, 0.2) is 5.78 Å². The van der Waals surface area contributed by atoms with Crippen molar-refractivity contribution in [1.29, 1.82) is 0 Å². The largest absolute Gasteiger partial charge is 0.393 e. The molecule has 0 amide bonds. The summed E-state index contributed by atoms with van der Waals surface area (Å²) >= 11 is 0. The highest BCUT2D eigenvalue weighted by Gasteiger charge is 2.68. The molecule has 4 fully saturated rings. The fourth-order valence-corrected chi connectivity index (χ4v) is 10.0. The molecule has 2 aromatic rings. The Morgan fingerprint density at radius 2 is 1.86 bits per heavy atom. The average molecular weight is 587 g/mol. The molecule has 3 saturated carbocycles. The minimum Gasteiger partial charge on any atom is -0.393 e. The van der Waals surface area contributed by atoms with Crippen molar-refractivity contribution in [2.75, 3.05) is 39.3 Å². The molecule has 7 atom stereocenters. The number of aliphatic hydroxyl groups is 2. The van der Waals surface area contributed by atoms with E-state index in [4.69, 9.17) is 6.42 Å². The predicted octanol–water partition coefficient (Wildman–Crippen LogP) is 3.72. The van der Waals surface area contributed by atoms with Crippen LogP contribution in [-0.2, 0) is 11.2 Å². The van der Waals surface area contributed by atoms with Gasteiger partial charge >= 0.3 is 0 Å². The molecule has 4 aliphatic carbocycles. The maximum absolute atomic E-state index is 13.9. The SMILES string of the molecule is C#CCN1CCN(CC(=O)C2(O)CCC3C4CCC5=Cc6c(cnn6-c6ccc(F)cc6)CC5(C)C4C(O)CC32C)CC1. The van der Waals surface area contributed by atoms with Gasteiger partial charge in [0.1, 0.15) is 11.4 Å². The van der Waals surface area contributed by atoms with Crippen molar-refractivity contribution >= 4 is 11.9 Å². The Labute approximate surface area is 253 Å². The monoisotopic (exact) mass is 586 g/mol. The summed E-state index contributed by atoms with van der Waals surface area (Å²) in [4.78, 5) is 18.2. The third kappa shape index (κ3) is 4.38. The first kappa shape index (κ1) is 28.9. The summed E-state index contributed by atoms with van der Waals surface area (Å²) in [5.74, 6) is 2.81. The van der Waals surface area contributed by atoms with E-state index in [1.807, 2.05) is 10.9 Å². The van der Waals surface area contributed by atoms with Crippen molar-refractivity contribution in [2.24, 2.45) is 28.6 Å². The number of aromatic nitrogens is 2. The van der Waals surface area contributed by atoms with Gasteiger partial charge < -0.3 is 10.2 Å². The molecule has 7 unspecified atom stereocenters. The number of carbonyl (C=O) groups is 1. The topological polar surface area (TPSA) is 81.8 Å². The standard InChI is InChI=1S/C35H43FN4O3/c1-4-13-38-14-16-39(17-15-38)22-31(42)35(43)12-11-28-27-10-5-24-18-29-23(21-37-40(29)26-8-6-25(36)7-9-26)19-33(24,2)32(27)30(41)20-34(28,35)3/h1,6-9,18,21,27-28,30,32,41,43H,5,10-17,19-20,22H2,2-3H3. The molecular formula is C35H43FN4O3. The molecule has 7 nitrogen and oxygen atoms in total. The smallest absolute Gasteiger partial charge is 0.178 e. The first-order valence-electron chi connectivity index (χ1n) is 15.9. The van der Waals surface area contributed by atoms with Gasteiger partial charge in [-0.15, -0.1) is 6.42 Å². The van der Waals surface area contributed by atoms with Crippen LogP contribution in [0.5, 0.6) is 0 Å². The Balaban J connectivity index is 1.12. The number of terminal acetylenes is 1. The van der Waals surface area contributed by atoms with Crippen molar-refractivity contribution in [3.05, 3.63) is 53.1 Å². The van der Waals surface area contributed by atoms with Crippen molar-refractivity contribution in [2.45, 2.75) is 64.1 Å². The minimum absolute atomic E-state index is 0.0505. The molecule has 1 aromatic carbocycles. The first-order chi connectivity index (χ1) is 20.6. The van der Waals surface area contributed by atoms with Crippen LogP contribution in [0.4, 0.5) is 4.39 Å². The molecule has 2 heterocycles. The number of Topliss-reactive ketones (excluding diaryl/α,β-unsaturated/α-hetero) is 1. The van der Waals surface area contributed by atoms with E-state index in [0.29, 0.717) is 19.4 Å². The van der Waals surface area contributed by atoms with E-state index in [1.54, 1.807) is 12.1 Å². The molecular weight excluding hydrogens is 543 g/mol. The summed E-state index contributed by atoms with van der Waals surface area (Å²) in [6, 6.07) is 6.41. The fraction of sp³-hybridized carbons (Fsp3) is 0.600. The molecule has 1 aromatic heterocycles. The number of nitrogens with zero attached hydrogens (tertiary/aromatic N) is 4. The molecule has 0 bridgehead atoms. The molecule has 0 spiro atoms. The second-order valence-corrected chi connectivity index (χ2v) is 14.3. The number of hydrogen-bond acceptors (Lipinski definition) is 6. The van der Waals surface area contributed by atoms with E-state index >= 15 is 0 Å². The van der Waals surface area contributed by atoms with Gasteiger partial charge in [-0.2, -0.15) is 5.10 Å². The van der Waals surface area contributed by atoms with Gasteiger partial charge in [0.05, 0.1) is 36.8 Å². The normalized spacial score (nSPS) is 37.4. The van der Waals surface area contributed by atoms with Gasteiger partial charge in [0, 0.05) is 31.6 Å². The highest BCUT2D eigenvalue weighted by Crippen LogP contribution is 2.67. The lowest BCUT2D eigenvalue weighted by molar-refractivity contribution is -0.180. The van der Waals surface area contributed by atoms with Crippen LogP contribution >= 0.6 is 0 Å². The molecule has 2 N–H and O–H groups in total. The molecule has 1 aliphatic heterocycles. The number of benzene rings is 1. The molecule has 5 aliphatic rings. The lowest BCUT2D eigenvalue weighted by atomic mass is 9.45. The molecule has 43 heavy (non-hydrogen) atoms. The Morgan fingerprint density at radius 1 is 1.14 bits per heavy atom. The third-order valence-corrected chi connectivity index (χ3v) is 12.3. The highest BCUT2D eigenvalue weighted by molar-refractivity contribution is 5.90. The van der Waals surface area contributed by atoms with Gasteiger partial charge in [0.25, 0.3) is 0 Å². The van der Waals surface area contributed by atoms with Crippen LogP contribution in [0, 0.1) is 46.7 Å². The van der Waals surface area contributed by atoms with E-state index in [0.717, 1.165) is 68.8 Å². The molecule has 7 rings (SSSR count). The predicted molar refractivity (Wildman–Crippen MR) is 163 cm³/mol. The number of piperazine rings is 1. The molecule has 1 saturated heterocycles. The Hall–Kier alpha value is -2.83. The van der Waals surface area contributed by atoms with Gasteiger partial charge in [0.2, 0.25) is 0 Å². The maximum atomic E-state index is 13.9. The summed E-state index contributed by atoms with van der Waals surface area (Å²) in [6.07, 6.45) is 13.4. The summed E-state index contributed by atoms with van der Waals surface area (Å²) in [7, 11) is 0. The van der Waals surface area contributed by atoms with E-state index < -0.39 is 17.1 Å². The zero-order valence-corrected chi connectivity index (χ0v) is 25.3. The lowest BCUT2D eigenvalue weighted by Crippen LogP contribution is -2.63. The fourth-order valence-electron chi connectivity index (χ4n) is 10.0. The molecule has 8 heteroatoms. The van der Waals surface area contributed by atoms with Crippen LogP contribution in [0.1, 0.15) is 57.2 Å². The number of aliphatic hydroxyl groups excluding tert-OH is 1. The maximum Gasteiger partial charge on any atom is 0.178 e. The van der Waals surface area contributed by atoms with Crippen molar-refractivity contribution in [1.82, 2.24) is 19.6 Å². The average Bonchev–Trinajstić information content (AvgIpc) is 3.50.